The van der Waals surface area contributed by atoms with E-state index in [1.807, 2.05) is 4.72 Å². The molecule has 0 saturated heterocycles. The van der Waals surface area contributed by atoms with Crippen molar-refractivity contribution in [1.82, 2.24) is 0 Å². The van der Waals surface area contributed by atoms with E-state index in [4.69, 9.17) is 5.14 Å². The van der Waals surface area contributed by atoms with Crippen molar-refractivity contribution in [2.24, 2.45) is 5.14 Å². The van der Waals surface area contributed by atoms with E-state index in [0.717, 1.165) is 18.4 Å². The minimum absolute atomic E-state index is 0.338. The van der Waals surface area contributed by atoms with Gasteiger partial charge >= 0.3 is 0 Å². The zero-order valence-corrected chi connectivity index (χ0v) is 9.77. The van der Waals surface area contributed by atoms with E-state index < -0.39 is 30.8 Å². The quantitative estimate of drug-likeness (QED) is 0.794. The first-order valence-electron chi connectivity index (χ1n) is 3.90. The number of benzene rings is 1. The lowest BCUT2D eigenvalue weighted by Crippen LogP contribution is -2.14. The van der Waals surface area contributed by atoms with Gasteiger partial charge in [-0.1, -0.05) is 0 Å². The molecule has 0 unspecified atom stereocenters. The number of hydrogen-bond acceptors (Lipinski definition) is 4. The van der Waals surface area contributed by atoms with Gasteiger partial charge in [0.1, 0.15) is 5.82 Å². The molecular formula is C7H9FN2O4S2. The molecule has 0 spiro atoms. The molecule has 0 aliphatic carbocycles. The molecule has 0 heterocycles. The molecule has 6 nitrogen and oxygen atoms in total. The summed E-state index contributed by atoms with van der Waals surface area (Å²) in [5, 5.41) is 4.77. The molecule has 9 heteroatoms. The predicted octanol–water partition coefficient (Wildman–Crippen LogP) is -0.155. The Bertz CT molecular complexity index is 609. The van der Waals surface area contributed by atoms with Crippen molar-refractivity contribution >= 4 is 25.7 Å². The Morgan fingerprint density at radius 3 is 2.19 bits per heavy atom. The van der Waals surface area contributed by atoms with Gasteiger partial charge in [-0.3, -0.25) is 4.72 Å². The molecule has 0 aliphatic heterocycles. The van der Waals surface area contributed by atoms with Gasteiger partial charge in [0.05, 0.1) is 16.8 Å². The van der Waals surface area contributed by atoms with Gasteiger partial charge in [0.2, 0.25) is 20.0 Å². The molecule has 1 rings (SSSR count). The van der Waals surface area contributed by atoms with E-state index in [1.54, 1.807) is 0 Å². The van der Waals surface area contributed by atoms with E-state index in [0.29, 0.717) is 6.07 Å². The van der Waals surface area contributed by atoms with Crippen molar-refractivity contribution < 1.29 is 21.2 Å². The highest BCUT2D eigenvalue weighted by molar-refractivity contribution is 7.92. The van der Waals surface area contributed by atoms with Crippen molar-refractivity contribution in [3.8, 4) is 0 Å². The minimum atomic E-state index is -4.00. The highest BCUT2D eigenvalue weighted by Crippen LogP contribution is 2.18. The first-order chi connectivity index (χ1) is 7.09. The molecule has 16 heavy (non-hydrogen) atoms. The van der Waals surface area contributed by atoms with Gasteiger partial charge < -0.3 is 0 Å². The Morgan fingerprint density at radius 2 is 1.81 bits per heavy atom. The van der Waals surface area contributed by atoms with Crippen molar-refractivity contribution in [3.05, 3.63) is 24.0 Å². The summed E-state index contributed by atoms with van der Waals surface area (Å²) in [6, 6.07) is 2.63. The summed E-state index contributed by atoms with van der Waals surface area (Å²) in [5.74, 6) is -1.02. The smallest absolute Gasteiger partial charge is 0.238 e. The molecule has 0 aliphatic rings. The zero-order valence-electron chi connectivity index (χ0n) is 8.14. The molecule has 0 saturated carbocycles. The zero-order chi connectivity index (χ0) is 12.6. The van der Waals surface area contributed by atoms with Crippen LogP contribution >= 0.6 is 0 Å². The molecule has 3 N–H and O–H groups in total. The van der Waals surface area contributed by atoms with Gasteiger partial charge in [0.25, 0.3) is 0 Å². The Hall–Kier alpha value is -1.19. The van der Waals surface area contributed by atoms with Crippen LogP contribution in [0.3, 0.4) is 0 Å². The maximum absolute atomic E-state index is 13.3. The first-order valence-corrected chi connectivity index (χ1v) is 7.33. The van der Waals surface area contributed by atoms with Gasteiger partial charge in [-0.15, -0.1) is 0 Å². The summed E-state index contributed by atoms with van der Waals surface area (Å²) in [5.41, 5.74) is -0.338. The monoisotopic (exact) mass is 268 g/mol. The third-order valence-corrected chi connectivity index (χ3v) is 3.07. The molecule has 0 bridgehead atoms. The summed E-state index contributed by atoms with van der Waals surface area (Å²) in [4.78, 5) is -0.427. The summed E-state index contributed by atoms with van der Waals surface area (Å²) in [6.07, 6.45) is 0.847. The second-order valence-electron chi connectivity index (χ2n) is 3.06. The molecule has 0 radical (unpaired) electrons. The van der Waals surface area contributed by atoms with Gasteiger partial charge in [-0.2, -0.15) is 0 Å². The summed E-state index contributed by atoms with van der Waals surface area (Å²) < 4.78 is 58.5. The van der Waals surface area contributed by atoms with E-state index in [9.17, 15) is 21.2 Å². The number of halogens is 1. The molecule has 0 aromatic heterocycles. The lowest BCUT2D eigenvalue weighted by Gasteiger charge is -2.06. The Kier molecular flexibility index (Phi) is 3.22. The number of sulfonamides is 2. The molecule has 0 amide bonds. The van der Waals surface area contributed by atoms with E-state index in [2.05, 4.69) is 0 Å². The van der Waals surface area contributed by atoms with Crippen LogP contribution in [0.15, 0.2) is 23.1 Å². The van der Waals surface area contributed by atoms with Crippen LogP contribution in [-0.4, -0.2) is 23.1 Å². The number of primary sulfonamides is 1. The Morgan fingerprint density at radius 1 is 1.25 bits per heavy atom. The van der Waals surface area contributed by atoms with Crippen LogP contribution in [-0.2, 0) is 20.0 Å². The standard InChI is InChI=1S/C7H9FN2O4S2/c1-15(11,12)10-7-3-2-5(4-6(7)8)16(9,13)14/h2-4,10H,1H3,(H2,9,13,14). The van der Waals surface area contributed by atoms with Gasteiger partial charge in [-0.25, -0.2) is 26.4 Å². The fourth-order valence-electron chi connectivity index (χ4n) is 0.955. The van der Waals surface area contributed by atoms with Crippen molar-refractivity contribution in [3.63, 3.8) is 0 Å². The third kappa shape index (κ3) is 3.43. The summed E-state index contributed by atoms with van der Waals surface area (Å²) >= 11 is 0. The van der Waals surface area contributed by atoms with Gasteiger partial charge in [0.15, 0.2) is 0 Å². The predicted molar refractivity (Wildman–Crippen MR) is 56.2 cm³/mol. The van der Waals surface area contributed by atoms with Crippen molar-refractivity contribution in [2.75, 3.05) is 11.0 Å². The van der Waals surface area contributed by atoms with E-state index in [-0.39, 0.29) is 5.69 Å². The second kappa shape index (κ2) is 4.00. The average molecular weight is 268 g/mol. The SMILES string of the molecule is CS(=O)(=O)Nc1ccc(S(N)(=O)=O)cc1F. The number of nitrogens with one attached hydrogen (secondary N) is 1. The number of rotatable bonds is 3. The number of anilines is 1. The average Bonchev–Trinajstić information content (AvgIpc) is 2.04. The lowest BCUT2D eigenvalue weighted by molar-refractivity contribution is 0.593. The van der Waals surface area contributed by atoms with Crippen LogP contribution in [0.5, 0.6) is 0 Å². The minimum Gasteiger partial charge on any atom is -0.281 e. The van der Waals surface area contributed by atoms with Gasteiger partial charge in [0, 0.05) is 0 Å². The molecule has 0 fully saturated rings. The third-order valence-electron chi connectivity index (χ3n) is 1.56. The molecular weight excluding hydrogens is 259 g/mol. The topological polar surface area (TPSA) is 106 Å². The fourth-order valence-corrected chi connectivity index (χ4v) is 2.05. The Labute approximate surface area is 92.4 Å². The maximum atomic E-state index is 13.3. The van der Waals surface area contributed by atoms with E-state index >= 15 is 0 Å². The normalized spacial score (nSPS) is 12.4. The first kappa shape index (κ1) is 12.9. The molecule has 1 aromatic rings. The summed E-state index contributed by atoms with van der Waals surface area (Å²) in [6.45, 7) is 0. The van der Waals surface area contributed by atoms with Crippen LogP contribution in [0.1, 0.15) is 0 Å². The Balaban J connectivity index is 3.21. The maximum Gasteiger partial charge on any atom is 0.238 e. The molecule has 0 atom stereocenters. The second-order valence-corrected chi connectivity index (χ2v) is 6.37. The summed E-state index contributed by atoms with van der Waals surface area (Å²) in [7, 11) is -7.62. The van der Waals surface area contributed by atoms with Crippen LogP contribution in [0.4, 0.5) is 10.1 Å². The van der Waals surface area contributed by atoms with Crippen molar-refractivity contribution in [2.45, 2.75) is 4.90 Å². The van der Waals surface area contributed by atoms with Crippen LogP contribution in [0, 0.1) is 5.82 Å². The highest BCUT2D eigenvalue weighted by atomic mass is 32.2. The van der Waals surface area contributed by atoms with E-state index in [1.165, 1.54) is 0 Å². The lowest BCUT2D eigenvalue weighted by atomic mass is 10.3. The van der Waals surface area contributed by atoms with Crippen molar-refractivity contribution in [1.29, 1.82) is 0 Å². The largest absolute Gasteiger partial charge is 0.281 e. The van der Waals surface area contributed by atoms with Gasteiger partial charge in [-0.05, 0) is 18.2 Å². The number of nitrogens with two attached hydrogens (primary N) is 1. The number of hydrogen-bond donors (Lipinski definition) is 2. The molecule has 90 valence electrons. The molecule has 1 aromatic carbocycles. The van der Waals surface area contributed by atoms with Crippen LogP contribution in [0.2, 0.25) is 0 Å². The highest BCUT2D eigenvalue weighted by Gasteiger charge is 2.13. The van der Waals surface area contributed by atoms with Crippen LogP contribution < -0.4 is 9.86 Å². The fraction of sp³-hybridized carbons (Fsp3) is 0.143. The van der Waals surface area contributed by atoms with Crippen LogP contribution in [0.25, 0.3) is 0 Å².